The van der Waals surface area contributed by atoms with Crippen LogP contribution in [0.25, 0.3) is 22.4 Å². The average molecular weight is 415 g/mol. The number of hydrogen-bond acceptors (Lipinski definition) is 6. The first kappa shape index (κ1) is 18.3. The number of hydrogen-bond donors (Lipinski definition) is 1. The Kier molecular flexibility index (Phi) is 5.18. The van der Waals surface area contributed by atoms with Gasteiger partial charge in [0.25, 0.3) is 5.91 Å². The van der Waals surface area contributed by atoms with E-state index in [1.807, 2.05) is 29.6 Å². The zero-order valence-electron chi connectivity index (χ0n) is 14.8. The molecule has 0 aliphatic rings. The molecule has 0 aliphatic carbocycles. The first-order valence-corrected chi connectivity index (χ1v) is 9.58. The standard InChI is InChI=1S/C20H15ClN2O4S/c1-25-15-5-2-12-8-18(27-17(12)9-15)16-11-28-20(22-16)23-19(24)10-26-14-6-3-13(21)4-7-14/h2-9,11H,10H2,1H3,(H,22,23,24). The molecule has 1 amide bonds. The van der Waals surface area contributed by atoms with Crippen molar-refractivity contribution >= 4 is 44.9 Å². The quantitative estimate of drug-likeness (QED) is 0.467. The summed E-state index contributed by atoms with van der Waals surface area (Å²) in [5.41, 5.74) is 1.36. The maximum absolute atomic E-state index is 12.1. The minimum Gasteiger partial charge on any atom is -0.497 e. The number of thiazole rings is 1. The Morgan fingerprint density at radius 1 is 1.18 bits per heavy atom. The molecule has 2 aromatic carbocycles. The molecule has 2 aromatic heterocycles. The molecule has 28 heavy (non-hydrogen) atoms. The van der Waals surface area contributed by atoms with Crippen molar-refractivity contribution < 1.29 is 18.7 Å². The van der Waals surface area contributed by atoms with Gasteiger partial charge in [0.2, 0.25) is 0 Å². The van der Waals surface area contributed by atoms with Gasteiger partial charge in [-0.3, -0.25) is 10.1 Å². The van der Waals surface area contributed by atoms with Crippen LogP contribution >= 0.6 is 22.9 Å². The molecule has 0 aliphatic heterocycles. The zero-order chi connectivity index (χ0) is 19.5. The summed E-state index contributed by atoms with van der Waals surface area (Å²) in [6.45, 7) is -0.124. The lowest BCUT2D eigenvalue weighted by atomic mass is 10.2. The highest BCUT2D eigenvalue weighted by molar-refractivity contribution is 7.14. The fraction of sp³-hybridized carbons (Fsp3) is 0.100. The lowest BCUT2D eigenvalue weighted by molar-refractivity contribution is -0.118. The van der Waals surface area contributed by atoms with Crippen LogP contribution in [-0.4, -0.2) is 24.6 Å². The topological polar surface area (TPSA) is 73.6 Å². The minimum absolute atomic E-state index is 0.124. The van der Waals surface area contributed by atoms with Crippen molar-refractivity contribution in [2.45, 2.75) is 0 Å². The Morgan fingerprint density at radius 3 is 2.75 bits per heavy atom. The van der Waals surface area contributed by atoms with Gasteiger partial charge in [0, 0.05) is 21.9 Å². The van der Waals surface area contributed by atoms with Crippen molar-refractivity contribution in [1.82, 2.24) is 4.98 Å². The van der Waals surface area contributed by atoms with Gasteiger partial charge in [0.15, 0.2) is 17.5 Å². The van der Waals surface area contributed by atoms with Crippen LogP contribution in [0.1, 0.15) is 0 Å². The molecule has 8 heteroatoms. The highest BCUT2D eigenvalue weighted by atomic mass is 35.5. The van der Waals surface area contributed by atoms with E-state index >= 15 is 0 Å². The van der Waals surface area contributed by atoms with E-state index in [2.05, 4.69) is 10.3 Å². The molecular weight excluding hydrogens is 400 g/mol. The highest BCUT2D eigenvalue weighted by Gasteiger charge is 2.13. The SMILES string of the molecule is COc1ccc2cc(-c3csc(NC(=O)COc4ccc(Cl)cc4)n3)oc2c1. The van der Waals surface area contributed by atoms with Crippen molar-refractivity contribution in [2.75, 3.05) is 19.0 Å². The number of aromatic nitrogens is 1. The largest absolute Gasteiger partial charge is 0.497 e. The van der Waals surface area contributed by atoms with Crippen LogP contribution in [0.15, 0.2) is 58.3 Å². The third kappa shape index (κ3) is 4.11. The Balaban J connectivity index is 1.41. The Morgan fingerprint density at radius 2 is 1.96 bits per heavy atom. The summed E-state index contributed by atoms with van der Waals surface area (Å²) in [4.78, 5) is 16.5. The molecule has 6 nitrogen and oxygen atoms in total. The van der Waals surface area contributed by atoms with Crippen molar-refractivity contribution in [1.29, 1.82) is 0 Å². The minimum atomic E-state index is -0.301. The fourth-order valence-electron chi connectivity index (χ4n) is 2.54. The molecular formula is C20H15ClN2O4S. The predicted octanol–water partition coefficient (Wildman–Crippen LogP) is 5.24. The lowest BCUT2D eigenvalue weighted by Crippen LogP contribution is -2.20. The second-order valence-corrected chi connectivity index (χ2v) is 7.14. The molecule has 0 saturated carbocycles. The number of carbonyl (C=O) groups excluding carboxylic acids is 1. The summed E-state index contributed by atoms with van der Waals surface area (Å²) >= 11 is 7.13. The van der Waals surface area contributed by atoms with E-state index in [0.717, 1.165) is 11.1 Å². The Labute approximate surface area is 169 Å². The van der Waals surface area contributed by atoms with Crippen LogP contribution in [0.2, 0.25) is 5.02 Å². The Hall–Kier alpha value is -3.03. The molecule has 0 spiro atoms. The number of methoxy groups -OCH3 is 1. The van der Waals surface area contributed by atoms with Crippen LogP contribution in [0, 0.1) is 0 Å². The number of rotatable bonds is 6. The summed E-state index contributed by atoms with van der Waals surface area (Å²) in [7, 11) is 1.61. The van der Waals surface area contributed by atoms with E-state index in [4.69, 9.17) is 25.5 Å². The summed E-state index contributed by atoms with van der Waals surface area (Å²) in [5.74, 6) is 1.61. The van der Waals surface area contributed by atoms with Crippen LogP contribution in [-0.2, 0) is 4.79 Å². The molecule has 1 N–H and O–H groups in total. The van der Waals surface area contributed by atoms with Gasteiger partial charge >= 0.3 is 0 Å². The maximum atomic E-state index is 12.1. The fourth-order valence-corrected chi connectivity index (χ4v) is 3.39. The van der Waals surface area contributed by atoms with Gasteiger partial charge < -0.3 is 13.9 Å². The molecule has 4 rings (SSSR count). The summed E-state index contributed by atoms with van der Waals surface area (Å²) < 4.78 is 16.5. The van der Waals surface area contributed by atoms with E-state index in [9.17, 15) is 4.79 Å². The number of amides is 1. The van der Waals surface area contributed by atoms with E-state index < -0.39 is 0 Å². The molecule has 0 atom stereocenters. The number of carbonyl (C=O) groups is 1. The first-order valence-electron chi connectivity index (χ1n) is 8.32. The van der Waals surface area contributed by atoms with Gasteiger partial charge in [-0.15, -0.1) is 11.3 Å². The van der Waals surface area contributed by atoms with Gasteiger partial charge in [0.1, 0.15) is 22.8 Å². The van der Waals surface area contributed by atoms with Crippen LogP contribution < -0.4 is 14.8 Å². The molecule has 2 heterocycles. The second kappa shape index (κ2) is 7.92. The number of anilines is 1. The average Bonchev–Trinajstić information content (AvgIpc) is 3.33. The number of benzene rings is 2. The van der Waals surface area contributed by atoms with E-state index in [1.165, 1.54) is 11.3 Å². The molecule has 0 unspecified atom stereocenters. The highest BCUT2D eigenvalue weighted by Crippen LogP contribution is 2.31. The van der Waals surface area contributed by atoms with Crippen molar-refractivity contribution in [3.63, 3.8) is 0 Å². The molecule has 0 radical (unpaired) electrons. The number of ether oxygens (including phenoxy) is 2. The summed E-state index contributed by atoms with van der Waals surface area (Å²) in [6.07, 6.45) is 0. The normalized spacial score (nSPS) is 10.8. The third-order valence-electron chi connectivity index (χ3n) is 3.91. The number of nitrogens with one attached hydrogen (secondary N) is 1. The van der Waals surface area contributed by atoms with Gasteiger partial charge in [-0.2, -0.15) is 0 Å². The number of nitrogens with zero attached hydrogens (tertiary/aromatic N) is 1. The summed E-state index contributed by atoms with van der Waals surface area (Å²) in [6, 6.07) is 14.3. The van der Waals surface area contributed by atoms with Crippen LogP contribution in [0.4, 0.5) is 5.13 Å². The number of fused-ring (bicyclic) bond motifs is 1. The molecule has 142 valence electrons. The zero-order valence-corrected chi connectivity index (χ0v) is 16.3. The van der Waals surface area contributed by atoms with Gasteiger partial charge in [-0.05, 0) is 42.5 Å². The number of halogens is 1. The third-order valence-corrected chi connectivity index (χ3v) is 4.92. The Bertz CT molecular complexity index is 1120. The molecule has 4 aromatic rings. The van der Waals surface area contributed by atoms with Gasteiger partial charge in [0.05, 0.1) is 7.11 Å². The van der Waals surface area contributed by atoms with E-state index in [-0.39, 0.29) is 12.5 Å². The molecule has 0 bridgehead atoms. The number of furan rings is 1. The van der Waals surface area contributed by atoms with Crippen molar-refractivity contribution in [3.8, 4) is 23.0 Å². The first-order chi connectivity index (χ1) is 13.6. The smallest absolute Gasteiger partial charge is 0.264 e. The van der Waals surface area contributed by atoms with Crippen molar-refractivity contribution in [2.24, 2.45) is 0 Å². The van der Waals surface area contributed by atoms with E-state index in [0.29, 0.717) is 32.9 Å². The van der Waals surface area contributed by atoms with Gasteiger partial charge in [-0.1, -0.05) is 11.6 Å². The van der Waals surface area contributed by atoms with E-state index in [1.54, 1.807) is 31.4 Å². The predicted molar refractivity (Wildman–Crippen MR) is 109 cm³/mol. The van der Waals surface area contributed by atoms with Crippen LogP contribution in [0.3, 0.4) is 0 Å². The van der Waals surface area contributed by atoms with Crippen molar-refractivity contribution in [3.05, 3.63) is 58.9 Å². The van der Waals surface area contributed by atoms with Gasteiger partial charge in [-0.25, -0.2) is 4.98 Å². The molecule has 0 saturated heterocycles. The maximum Gasteiger partial charge on any atom is 0.264 e. The molecule has 0 fully saturated rings. The lowest BCUT2D eigenvalue weighted by Gasteiger charge is -2.05. The second-order valence-electron chi connectivity index (χ2n) is 5.84. The van der Waals surface area contributed by atoms with Crippen LogP contribution in [0.5, 0.6) is 11.5 Å². The summed E-state index contributed by atoms with van der Waals surface area (Å²) in [5, 5.41) is 6.57. The monoisotopic (exact) mass is 414 g/mol.